The summed E-state index contributed by atoms with van der Waals surface area (Å²) >= 11 is 0. The second-order valence-corrected chi connectivity index (χ2v) is 4.67. The van der Waals surface area contributed by atoms with Crippen molar-refractivity contribution >= 4 is 11.6 Å². The number of hydrogen-bond acceptors (Lipinski definition) is 4. The van der Waals surface area contributed by atoms with Crippen molar-refractivity contribution in [3.63, 3.8) is 0 Å². The lowest BCUT2D eigenvalue weighted by Crippen LogP contribution is -2.50. The summed E-state index contributed by atoms with van der Waals surface area (Å²) in [6, 6.07) is 8.56. The Labute approximate surface area is 108 Å². The van der Waals surface area contributed by atoms with Gasteiger partial charge in [0.2, 0.25) is 5.91 Å². The van der Waals surface area contributed by atoms with Crippen LogP contribution >= 0.6 is 0 Å². The Bertz CT molecular complexity index is 396. The molecule has 2 rings (SSSR count). The number of amides is 1. The van der Waals surface area contributed by atoms with E-state index in [4.69, 9.17) is 5.84 Å². The van der Waals surface area contributed by atoms with E-state index in [1.54, 1.807) is 0 Å². The fraction of sp³-hybridized carbons (Fsp3) is 0.462. The van der Waals surface area contributed by atoms with Gasteiger partial charge in [0.1, 0.15) is 0 Å². The summed E-state index contributed by atoms with van der Waals surface area (Å²) in [6.07, 6.45) is 0. The molecule has 1 aliphatic rings. The van der Waals surface area contributed by atoms with E-state index < -0.39 is 0 Å². The number of carbonyl (C=O) groups excluding carboxylic acids is 1. The molecule has 0 atom stereocenters. The fourth-order valence-electron chi connectivity index (χ4n) is 2.17. The predicted octanol–water partition coefficient (Wildman–Crippen LogP) is 0.107. The summed E-state index contributed by atoms with van der Waals surface area (Å²) in [5, 5.41) is 0. The number of hydrogen-bond donors (Lipinski definition) is 2. The summed E-state index contributed by atoms with van der Waals surface area (Å²) in [5.74, 6) is 4.96. The van der Waals surface area contributed by atoms with E-state index in [-0.39, 0.29) is 5.91 Å². The third-order valence-electron chi connectivity index (χ3n) is 3.30. The predicted molar refractivity (Wildman–Crippen MR) is 72.2 cm³/mol. The van der Waals surface area contributed by atoms with Gasteiger partial charge < -0.3 is 4.90 Å². The van der Waals surface area contributed by atoms with Crippen LogP contribution in [0.1, 0.15) is 5.56 Å². The smallest absolute Gasteiger partial charge is 0.248 e. The van der Waals surface area contributed by atoms with Gasteiger partial charge in [-0.25, -0.2) is 5.84 Å². The van der Waals surface area contributed by atoms with Gasteiger partial charge in [0.25, 0.3) is 0 Å². The van der Waals surface area contributed by atoms with Gasteiger partial charge in [-0.2, -0.15) is 0 Å². The zero-order valence-corrected chi connectivity index (χ0v) is 10.7. The Hall–Kier alpha value is -1.59. The van der Waals surface area contributed by atoms with Crippen LogP contribution < -0.4 is 16.2 Å². The van der Waals surface area contributed by atoms with Gasteiger partial charge in [0.15, 0.2) is 0 Å². The quantitative estimate of drug-likeness (QED) is 0.453. The van der Waals surface area contributed by atoms with Gasteiger partial charge in [0, 0.05) is 31.9 Å². The van der Waals surface area contributed by atoms with Crippen molar-refractivity contribution < 1.29 is 4.79 Å². The molecule has 3 N–H and O–H groups in total. The number of anilines is 1. The second-order valence-electron chi connectivity index (χ2n) is 4.67. The first-order chi connectivity index (χ1) is 8.69. The number of nitrogens with two attached hydrogens (primary N) is 1. The minimum absolute atomic E-state index is 0.126. The van der Waals surface area contributed by atoms with E-state index >= 15 is 0 Å². The lowest BCUT2D eigenvalue weighted by Gasteiger charge is -2.35. The molecule has 1 aromatic rings. The molecule has 0 radical (unpaired) electrons. The Morgan fingerprint density at radius 2 is 1.83 bits per heavy atom. The first kappa shape index (κ1) is 12.9. The largest absolute Gasteiger partial charge is 0.369 e. The zero-order chi connectivity index (χ0) is 13.0. The maximum atomic E-state index is 11.2. The van der Waals surface area contributed by atoms with Crippen molar-refractivity contribution in [3.8, 4) is 0 Å². The summed E-state index contributed by atoms with van der Waals surface area (Å²) in [6.45, 7) is 6.15. The Morgan fingerprint density at radius 1 is 1.22 bits per heavy atom. The average Bonchev–Trinajstić information content (AvgIpc) is 2.40. The molecule has 1 fully saturated rings. The Kier molecular flexibility index (Phi) is 4.17. The highest BCUT2D eigenvalue weighted by Gasteiger charge is 2.18. The zero-order valence-electron chi connectivity index (χ0n) is 10.7. The van der Waals surface area contributed by atoms with Crippen molar-refractivity contribution in [2.75, 3.05) is 37.6 Å². The number of piperazine rings is 1. The molecule has 98 valence electrons. The molecule has 0 aliphatic carbocycles. The number of carbonyl (C=O) groups is 1. The molecule has 18 heavy (non-hydrogen) atoms. The molecule has 1 saturated heterocycles. The van der Waals surface area contributed by atoms with E-state index in [1.807, 2.05) is 0 Å². The maximum absolute atomic E-state index is 11.2. The Morgan fingerprint density at radius 3 is 2.39 bits per heavy atom. The average molecular weight is 248 g/mol. The fourth-order valence-corrected chi connectivity index (χ4v) is 2.17. The third-order valence-corrected chi connectivity index (χ3v) is 3.30. The molecule has 0 spiro atoms. The maximum Gasteiger partial charge on any atom is 0.248 e. The summed E-state index contributed by atoms with van der Waals surface area (Å²) in [5.41, 5.74) is 4.70. The van der Waals surface area contributed by atoms with Crippen LogP contribution in [0.2, 0.25) is 0 Å². The monoisotopic (exact) mass is 248 g/mol. The minimum Gasteiger partial charge on any atom is -0.369 e. The van der Waals surface area contributed by atoms with Crippen LogP contribution in [-0.4, -0.2) is 43.5 Å². The summed E-state index contributed by atoms with van der Waals surface area (Å²) in [4.78, 5) is 15.6. The van der Waals surface area contributed by atoms with Gasteiger partial charge in [0.05, 0.1) is 6.54 Å². The van der Waals surface area contributed by atoms with Crippen molar-refractivity contribution in [1.82, 2.24) is 10.3 Å². The summed E-state index contributed by atoms with van der Waals surface area (Å²) in [7, 11) is 0. The molecule has 1 aromatic carbocycles. The van der Waals surface area contributed by atoms with Crippen LogP contribution in [0, 0.1) is 6.92 Å². The molecule has 0 saturated carbocycles. The van der Waals surface area contributed by atoms with Crippen LogP contribution in [-0.2, 0) is 4.79 Å². The Balaban J connectivity index is 1.86. The van der Waals surface area contributed by atoms with Gasteiger partial charge in [-0.15, -0.1) is 0 Å². The normalized spacial score (nSPS) is 16.7. The number of aryl methyl sites for hydroxylation is 1. The number of nitrogens with zero attached hydrogens (tertiary/aromatic N) is 2. The highest BCUT2D eigenvalue weighted by molar-refractivity contribution is 5.77. The van der Waals surface area contributed by atoms with Crippen LogP contribution in [0.25, 0.3) is 0 Å². The number of hydrazine groups is 1. The van der Waals surface area contributed by atoms with Crippen LogP contribution in [0.15, 0.2) is 24.3 Å². The molecular formula is C13H20N4O. The molecule has 5 nitrogen and oxygen atoms in total. The van der Waals surface area contributed by atoms with E-state index in [0.717, 1.165) is 26.2 Å². The highest BCUT2D eigenvalue weighted by atomic mass is 16.2. The lowest BCUT2D eigenvalue weighted by molar-refractivity contribution is -0.122. The number of rotatable bonds is 3. The number of benzene rings is 1. The molecule has 1 amide bonds. The number of nitrogens with one attached hydrogen (secondary N) is 1. The third kappa shape index (κ3) is 3.21. The van der Waals surface area contributed by atoms with E-state index in [9.17, 15) is 4.79 Å². The standard InChI is InChI=1S/C13H20N4O/c1-11-2-4-12(5-3-11)17-8-6-16(7-9-17)10-13(18)15-14/h2-5H,6-10,14H2,1H3,(H,15,18). The molecular weight excluding hydrogens is 228 g/mol. The van der Waals surface area contributed by atoms with E-state index in [1.165, 1.54) is 11.3 Å². The van der Waals surface area contributed by atoms with E-state index in [0.29, 0.717) is 6.54 Å². The van der Waals surface area contributed by atoms with Gasteiger partial charge in [-0.05, 0) is 19.1 Å². The molecule has 0 bridgehead atoms. The van der Waals surface area contributed by atoms with Crippen molar-refractivity contribution in [3.05, 3.63) is 29.8 Å². The molecule has 1 heterocycles. The van der Waals surface area contributed by atoms with Gasteiger partial charge >= 0.3 is 0 Å². The second kappa shape index (κ2) is 5.84. The first-order valence-electron chi connectivity index (χ1n) is 6.22. The highest BCUT2D eigenvalue weighted by Crippen LogP contribution is 2.16. The van der Waals surface area contributed by atoms with Crippen LogP contribution in [0.3, 0.4) is 0 Å². The molecule has 0 aromatic heterocycles. The molecule has 1 aliphatic heterocycles. The van der Waals surface area contributed by atoms with Crippen molar-refractivity contribution in [1.29, 1.82) is 0 Å². The van der Waals surface area contributed by atoms with Crippen molar-refractivity contribution in [2.45, 2.75) is 6.92 Å². The van der Waals surface area contributed by atoms with Gasteiger partial charge in [-0.1, -0.05) is 17.7 Å². The molecule has 0 unspecified atom stereocenters. The van der Waals surface area contributed by atoms with E-state index in [2.05, 4.69) is 46.4 Å². The summed E-state index contributed by atoms with van der Waals surface area (Å²) < 4.78 is 0. The topological polar surface area (TPSA) is 61.6 Å². The van der Waals surface area contributed by atoms with Gasteiger partial charge in [-0.3, -0.25) is 15.1 Å². The minimum atomic E-state index is -0.126. The lowest BCUT2D eigenvalue weighted by atomic mass is 10.2. The van der Waals surface area contributed by atoms with Crippen LogP contribution in [0.4, 0.5) is 5.69 Å². The van der Waals surface area contributed by atoms with Crippen LogP contribution in [0.5, 0.6) is 0 Å². The van der Waals surface area contributed by atoms with Crippen molar-refractivity contribution in [2.24, 2.45) is 5.84 Å². The first-order valence-corrected chi connectivity index (χ1v) is 6.22. The molecule has 5 heteroatoms. The SMILES string of the molecule is Cc1ccc(N2CCN(CC(=O)NN)CC2)cc1.